The number of thiophene rings is 1. The number of carboxylic acids is 1. The Bertz CT molecular complexity index is 375. The van der Waals surface area contributed by atoms with Gasteiger partial charge in [0.2, 0.25) is 0 Å². The van der Waals surface area contributed by atoms with Crippen molar-refractivity contribution < 1.29 is 14.7 Å². The summed E-state index contributed by atoms with van der Waals surface area (Å²) in [6.07, 6.45) is 1.87. The van der Waals surface area contributed by atoms with Crippen LogP contribution in [0.25, 0.3) is 0 Å². The van der Waals surface area contributed by atoms with Gasteiger partial charge >= 0.3 is 5.97 Å². The van der Waals surface area contributed by atoms with Gasteiger partial charge in [0.05, 0.1) is 0 Å². The first-order chi connectivity index (χ1) is 7.06. The van der Waals surface area contributed by atoms with Crippen LogP contribution in [0, 0.1) is 0 Å². The average molecular weight is 245 g/mol. The lowest BCUT2D eigenvalue weighted by Gasteiger charge is -2.08. The Morgan fingerprint density at radius 2 is 2.27 bits per heavy atom. The Morgan fingerprint density at radius 3 is 2.80 bits per heavy atom. The van der Waals surface area contributed by atoms with E-state index in [0.29, 0.717) is 4.88 Å². The highest BCUT2D eigenvalue weighted by Gasteiger charge is 2.18. The van der Waals surface area contributed by atoms with Gasteiger partial charge in [-0.05, 0) is 24.6 Å². The fraction of sp³-hybridized carbons (Fsp3) is 0.333. The molecule has 1 atom stereocenters. The van der Waals surface area contributed by atoms with Crippen molar-refractivity contribution in [2.75, 3.05) is 6.26 Å². The monoisotopic (exact) mass is 245 g/mol. The maximum absolute atomic E-state index is 11.6. The van der Waals surface area contributed by atoms with Crippen molar-refractivity contribution in [3.05, 3.63) is 16.3 Å². The molecule has 0 saturated carbocycles. The third kappa shape index (κ3) is 2.97. The average Bonchev–Trinajstić information content (AvgIpc) is 2.64. The van der Waals surface area contributed by atoms with Crippen molar-refractivity contribution >= 4 is 35.0 Å². The van der Waals surface area contributed by atoms with Crippen molar-refractivity contribution in [1.29, 1.82) is 0 Å². The van der Waals surface area contributed by atoms with Gasteiger partial charge in [-0.2, -0.15) is 0 Å². The predicted octanol–water partition coefficient (Wildman–Crippen LogP) is 1.67. The fourth-order valence-corrected chi connectivity index (χ4v) is 2.60. The molecule has 4 nitrogen and oxygen atoms in total. The molecule has 6 heteroatoms. The molecule has 1 unspecified atom stereocenters. The SMILES string of the molecule is CSc1ccsc1C(=O)NC(C)C(=O)O. The van der Waals surface area contributed by atoms with Crippen LogP contribution in [-0.4, -0.2) is 29.3 Å². The number of carbonyl (C=O) groups is 2. The van der Waals surface area contributed by atoms with Crippen molar-refractivity contribution in [3.8, 4) is 0 Å². The molecule has 0 saturated heterocycles. The molecule has 0 aliphatic rings. The zero-order chi connectivity index (χ0) is 11.4. The highest BCUT2D eigenvalue weighted by molar-refractivity contribution is 7.98. The second-order valence-corrected chi connectivity index (χ2v) is 4.62. The molecule has 1 rings (SSSR count). The van der Waals surface area contributed by atoms with E-state index in [9.17, 15) is 9.59 Å². The van der Waals surface area contributed by atoms with Gasteiger partial charge in [0.15, 0.2) is 0 Å². The van der Waals surface area contributed by atoms with Crippen LogP contribution in [0.5, 0.6) is 0 Å². The molecule has 0 spiro atoms. The van der Waals surface area contributed by atoms with Crippen LogP contribution in [-0.2, 0) is 4.79 Å². The van der Waals surface area contributed by atoms with E-state index in [1.807, 2.05) is 17.7 Å². The number of aliphatic carboxylic acids is 1. The number of carboxylic acid groups (broad SMARTS) is 1. The Hall–Kier alpha value is -1.01. The first kappa shape index (κ1) is 12.1. The van der Waals surface area contributed by atoms with Gasteiger partial charge in [0, 0.05) is 4.90 Å². The van der Waals surface area contributed by atoms with E-state index in [1.165, 1.54) is 30.0 Å². The number of carbonyl (C=O) groups excluding carboxylic acids is 1. The predicted molar refractivity (Wildman–Crippen MR) is 60.7 cm³/mol. The molecule has 0 radical (unpaired) electrons. The molecule has 1 amide bonds. The zero-order valence-electron chi connectivity index (χ0n) is 8.31. The van der Waals surface area contributed by atoms with Gasteiger partial charge in [-0.25, -0.2) is 0 Å². The number of nitrogens with one attached hydrogen (secondary N) is 1. The lowest BCUT2D eigenvalue weighted by atomic mass is 10.3. The van der Waals surface area contributed by atoms with Crippen LogP contribution in [0.4, 0.5) is 0 Å². The van der Waals surface area contributed by atoms with E-state index in [0.717, 1.165) is 4.90 Å². The van der Waals surface area contributed by atoms with E-state index in [4.69, 9.17) is 5.11 Å². The van der Waals surface area contributed by atoms with Gasteiger partial charge < -0.3 is 10.4 Å². The van der Waals surface area contributed by atoms with Gasteiger partial charge in [-0.15, -0.1) is 23.1 Å². The molecule has 0 aliphatic heterocycles. The standard InChI is InChI=1S/C9H11NO3S2/c1-5(9(12)13)10-8(11)7-6(14-2)3-4-15-7/h3-5H,1-2H3,(H,10,11)(H,12,13). The van der Waals surface area contributed by atoms with E-state index in [2.05, 4.69) is 5.32 Å². The van der Waals surface area contributed by atoms with Crippen LogP contribution < -0.4 is 5.32 Å². The number of hydrogen-bond donors (Lipinski definition) is 2. The van der Waals surface area contributed by atoms with E-state index >= 15 is 0 Å². The fourth-order valence-electron chi connectivity index (χ4n) is 0.948. The topological polar surface area (TPSA) is 66.4 Å². The van der Waals surface area contributed by atoms with Crippen molar-refractivity contribution in [1.82, 2.24) is 5.32 Å². The molecule has 0 bridgehead atoms. The molecule has 1 aromatic heterocycles. The zero-order valence-corrected chi connectivity index (χ0v) is 9.95. The lowest BCUT2D eigenvalue weighted by molar-refractivity contribution is -0.138. The summed E-state index contributed by atoms with van der Waals surface area (Å²) in [7, 11) is 0. The molecule has 15 heavy (non-hydrogen) atoms. The summed E-state index contributed by atoms with van der Waals surface area (Å²) in [6, 6.07) is 0.977. The highest BCUT2D eigenvalue weighted by atomic mass is 32.2. The van der Waals surface area contributed by atoms with Gasteiger partial charge in [0.1, 0.15) is 10.9 Å². The summed E-state index contributed by atoms with van der Waals surface area (Å²) in [5, 5.41) is 12.9. The first-order valence-corrected chi connectivity index (χ1v) is 6.32. The molecule has 0 aromatic carbocycles. The molecule has 0 aliphatic carbocycles. The Kier molecular flexibility index (Phi) is 4.16. The van der Waals surface area contributed by atoms with Crippen molar-refractivity contribution in [2.24, 2.45) is 0 Å². The normalized spacial score (nSPS) is 12.1. The van der Waals surface area contributed by atoms with Crippen LogP contribution >= 0.6 is 23.1 Å². The summed E-state index contributed by atoms with van der Waals surface area (Å²) in [5.41, 5.74) is 0. The van der Waals surface area contributed by atoms with Crippen LogP contribution in [0.2, 0.25) is 0 Å². The molecule has 1 heterocycles. The number of amides is 1. The quantitative estimate of drug-likeness (QED) is 0.792. The smallest absolute Gasteiger partial charge is 0.325 e. The third-order valence-electron chi connectivity index (χ3n) is 1.77. The Morgan fingerprint density at radius 1 is 1.60 bits per heavy atom. The van der Waals surface area contributed by atoms with Gasteiger partial charge in [-0.3, -0.25) is 9.59 Å². The number of hydrogen-bond acceptors (Lipinski definition) is 4. The summed E-state index contributed by atoms with van der Waals surface area (Å²) in [6.45, 7) is 1.44. The minimum absolute atomic E-state index is 0.329. The van der Waals surface area contributed by atoms with E-state index < -0.39 is 12.0 Å². The molecular formula is C9H11NO3S2. The first-order valence-electron chi connectivity index (χ1n) is 4.21. The van der Waals surface area contributed by atoms with Crippen LogP contribution in [0.15, 0.2) is 16.3 Å². The summed E-state index contributed by atoms with van der Waals surface area (Å²) in [5.74, 6) is -1.37. The van der Waals surface area contributed by atoms with Crippen molar-refractivity contribution in [3.63, 3.8) is 0 Å². The molecule has 0 fully saturated rings. The maximum atomic E-state index is 11.6. The largest absolute Gasteiger partial charge is 0.480 e. The minimum atomic E-state index is -1.04. The van der Waals surface area contributed by atoms with Gasteiger partial charge in [0.25, 0.3) is 5.91 Å². The van der Waals surface area contributed by atoms with Crippen LogP contribution in [0.1, 0.15) is 16.6 Å². The summed E-state index contributed by atoms with van der Waals surface area (Å²) < 4.78 is 0. The maximum Gasteiger partial charge on any atom is 0.325 e. The second kappa shape index (κ2) is 5.18. The van der Waals surface area contributed by atoms with Gasteiger partial charge in [-0.1, -0.05) is 0 Å². The molecule has 82 valence electrons. The lowest BCUT2D eigenvalue weighted by Crippen LogP contribution is -2.38. The third-order valence-corrected chi connectivity index (χ3v) is 3.60. The Labute approximate surface area is 95.7 Å². The van der Waals surface area contributed by atoms with E-state index in [-0.39, 0.29) is 5.91 Å². The molecular weight excluding hydrogens is 234 g/mol. The molecule has 2 N–H and O–H groups in total. The summed E-state index contributed by atoms with van der Waals surface area (Å²) >= 11 is 2.78. The number of thioether (sulfide) groups is 1. The molecule has 1 aromatic rings. The van der Waals surface area contributed by atoms with Crippen molar-refractivity contribution in [2.45, 2.75) is 17.9 Å². The van der Waals surface area contributed by atoms with Crippen LogP contribution in [0.3, 0.4) is 0 Å². The summed E-state index contributed by atoms with van der Waals surface area (Å²) in [4.78, 5) is 23.6. The second-order valence-electron chi connectivity index (χ2n) is 2.85. The minimum Gasteiger partial charge on any atom is -0.480 e. The van der Waals surface area contributed by atoms with E-state index in [1.54, 1.807) is 0 Å². The number of rotatable bonds is 4. The Balaban J connectivity index is 2.73. The highest BCUT2D eigenvalue weighted by Crippen LogP contribution is 2.25.